The highest BCUT2D eigenvalue weighted by molar-refractivity contribution is 6.74. The average Bonchev–Trinajstić information content (AvgIpc) is 2.52. The van der Waals surface area contributed by atoms with Crippen molar-refractivity contribution in [3.8, 4) is 6.07 Å². The second-order valence-electron chi connectivity index (χ2n) is 12.5. The average molecular weight is 471 g/mol. The summed E-state index contributed by atoms with van der Waals surface area (Å²) in [6, 6.07) is 2.17. The molecule has 0 atom stereocenters. The van der Waals surface area contributed by atoms with Crippen LogP contribution in [0.4, 0.5) is 0 Å². The van der Waals surface area contributed by atoms with Crippen molar-refractivity contribution in [2.24, 2.45) is 17.6 Å². The summed E-state index contributed by atoms with van der Waals surface area (Å²) in [5.41, 5.74) is 5.24. The van der Waals surface area contributed by atoms with E-state index in [2.05, 4.69) is 73.8 Å². The largest absolute Gasteiger partial charge is 0.417 e. The summed E-state index contributed by atoms with van der Waals surface area (Å²) in [7, 11) is -3.21. The van der Waals surface area contributed by atoms with Crippen molar-refractivity contribution in [2.75, 3.05) is 13.2 Å². The Balaban J connectivity index is 0.000000567. The number of hydrogen-bond donors (Lipinski definition) is 1. The minimum absolute atomic E-state index is 0. The van der Waals surface area contributed by atoms with Crippen molar-refractivity contribution in [2.45, 2.75) is 116 Å². The van der Waals surface area contributed by atoms with Gasteiger partial charge in [0, 0.05) is 26.1 Å². The minimum Gasteiger partial charge on any atom is -0.417 e. The fourth-order valence-corrected chi connectivity index (χ4v) is 5.14. The zero-order chi connectivity index (χ0) is 23.6. The highest BCUT2D eigenvalue weighted by atomic mass is 28.4. The summed E-state index contributed by atoms with van der Waals surface area (Å²) in [4.78, 5) is 10.8. The van der Waals surface area contributed by atoms with Crippen LogP contribution in [0.25, 0.3) is 0 Å². The van der Waals surface area contributed by atoms with E-state index in [0.29, 0.717) is 17.6 Å². The smallest absolute Gasteiger partial charge is 0.191 e. The molecule has 0 unspecified atom stereocenters. The van der Waals surface area contributed by atoms with Crippen molar-refractivity contribution in [1.82, 2.24) is 0 Å². The number of nitrogens with zero attached hydrogens (tertiary/aromatic N) is 1. The van der Waals surface area contributed by atoms with Gasteiger partial charge in [-0.1, -0.05) is 49.0 Å². The van der Waals surface area contributed by atoms with Gasteiger partial charge in [0.1, 0.15) is 11.3 Å². The molecule has 0 aromatic carbocycles. The third-order valence-electron chi connectivity index (χ3n) is 7.53. The monoisotopic (exact) mass is 470 g/mol. The Morgan fingerprint density at radius 1 is 0.935 bits per heavy atom. The van der Waals surface area contributed by atoms with Crippen molar-refractivity contribution < 1.29 is 13.6 Å². The Morgan fingerprint density at radius 2 is 1.29 bits per heavy atom. The molecule has 2 saturated carbocycles. The van der Waals surface area contributed by atoms with Crippen molar-refractivity contribution in [3.63, 3.8) is 0 Å². The summed E-state index contributed by atoms with van der Waals surface area (Å²) >= 11 is 0. The number of nitrogens with two attached hydrogens (primary N) is 1. The molecule has 0 bridgehead atoms. The molecular formula is C24H50N2O3Si2. The molecule has 5 nitrogen and oxygen atoms in total. The van der Waals surface area contributed by atoms with E-state index in [0.717, 1.165) is 38.9 Å². The van der Waals surface area contributed by atoms with Crippen LogP contribution in [0.15, 0.2) is 0 Å². The van der Waals surface area contributed by atoms with E-state index in [9.17, 15) is 4.79 Å². The maximum Gasteiger partial charge on any atom is 0.191 e. The summed E-state index contributed by atoms with van der Waals surface area (Å²) in [5, 5.41) is 9.35. The van der Waals surface area contributed by atoms with Gasteiger partial charge in [-0.2, -0.15) is 5.26 Å². The number of nitriles is 1. The number of Topliss-reactive ketones (excluding diaryl/α,β-unsaturated/α-hetero) is 1. The Labute approximate surface area is 194 Å². The molecule has 0 aromatic heterocycles. The molecule has 182 valence electrons. The second kappa shape index (κ2) is 10.6. The van der Waals surface area contributed by atoms with Crippen molar-refractivity contribution in [3.05, 3.63) is 0 Å². The van der Waals surface area contributed by atoms with Gasteiger partial charge in [-0.3, -0.25) is 4.79 Å². The zero-order valence-electron chi connectivity index (χ0n) is 21.1. The summed E-state index contributed by atoms with van der Waals surface area (Å²) < 4.78 is 12.1. The molecule has 2 fully saturated rings. The fourth-order valence-electron chi connectivity index (χ4n) is 2.97. The molecule has 0 aliphatic heterocycles. The summed E-state index contributed by atoms with van der Waals surface area (Å²) in [5.74, 6) is 1.39. The quantitative estimate of drug-likeness (QED) is 0.463. The van der Waals surface area contributed by atoms with E-state index in [1.54, 1.807) is 0 Å². The molecular weight excluding hydrogens is 420 g/mol. The van der Waals surface area contributed by atoms with Crippen LogP contribution in [0.2, 0.25) is 36.3 Å². The Morgan fingerprint density at radius 3 is 1.58 bits per heavy atom. The highest BCUT2D eigenvalue weighted by Crippen LogP contribution is 2.40. The minimum atomic E-state index is -1.63. The fraction of sp³-hybridized carbons (Fsp3) is 0.917. The zero-order valence-corrected chi connectivity index (χ0v) is 23.1. The number of rotatable bonds is 6. The van der Waals surface area contributed by atoms with Crippen molar-refractivity contribution >= 4 is 22.4 Å². The van der Waals surface area contributed by atoms with Crippen LogP contribution < -0.4 is 5.73 Å². The molecule has 0 aromatic rings. The molecule has 0 amide bonds. The van der Waals surface area contributed by atoms with Gasteiger partial charge in [0.25, 0.3) is 0 Å². The van der Waals surface area contributed by atoms with Gasteiger partial charge in [-0.25, -0.2) is 0 Å². The first-order valence-electron chi connectivity index (χ1n) is 11.3. The first kappa shape index (κ1) is 30.5. The number of carbonyl (C=O) groups excluding carboxylic acids is 1. The van der Waals surface area contributed by atoms with Gasteiger partial charge < -0.3 is 14.6 Å². The molecule has 0 heterocycles. The normalized spacial score (nSPS) is 24.7. The standard InChI is InChI=1S/C12H24N2OSi.C11H22O2Si.CH4/c1-11(2,3)16(4,5)15-8-10-6-12(14,7-10)9-13;1-11(2,3)14(4,5)13-8-9-6-10(12)7-9;/h10H,6-8,14H2,1-5H3;9H,6-8H2,1-5H3;1H4. The van der Waals surface area contributed by atoms with Gasteiger partial charge in [-0.05, 0) is 60.9 Å². The van der Waals surface area contributed by atoms with Gasteiger partial charge >= 0.3 is 0 Å². The Hall–Kier alpha value is -0.526. The van der Waals surface area contributed by atoms with Crippen LogP contribution in [0.1, 0.15) is 74.7 Å². The van der Waals surface area contributed by atoms with E-state index in [4.69, 9.17) is 19.8 Å². The number of carbonyl (C=O) groups is 1. The van der Waals surface area contributed by atoms with Crippen LogP contribution in [0.3, 0.4) is 0 Å². The van der Waals surface area contributed by atoms with Crippen LogP contribution in [0.5, 0.6) is 0 Å². The third-order valence-corrected chi connectivity index (χ3v) is 16.5. The van der Waals surface area contributed by atoms with Gasteiger partial charge in [0.05, 0.1) is 6.07 Å². The van der Waals surface area contributed by atoms with Gasteiger partial charge in [0.15, 0.2) is 16.6 Å². The molecule has 0 radical (unpaired) electrons. The lowest BCUT2D eigenvalue weighted by Gasteiger charge is -2.43. The summed E-state index contributed by atoms with van der Waals surface area (Å²) in [6.07, 6.45) is 3.07. The van der Waals surface area contributed by atoms with E-state index in [1.165, 1.54) is 0 Å². The second-order valence-corrected chi connectivity index (χ2v) is 22.1. The van der Waals surface area contributed by atoms with E-state index >= 15 is 0 Å². The van der Waals surface area contributed by atoms with Crippen LogP contribution in [-0.2, 0) is 13.6 Å². The molecule has 2 aliphatic rings. The van der Waals surface area contributed by atoms with Gasteiger partial charge in [-0.15, -0.1) is 0 Å². The SMILES string of the molecule is C.CC(C)(C)[Si](C)(C)OCC1CC(=O)C1.CC(C)(C)[Si](C)(C)OCC1CC(N)(C#N)C1. The van der Waals surface area contributed by atoms with E-state index in [1.807, 2.05) is 0 Å². The highest BCUT2D eigenvalue weighted by Gasteiger charge is 2.44. The first-order chi connectivity index (χ1) is 13.3. The predicted molar refractivity (Wildman–Crippen MR) is 136 cm³/mol. The molecule has 2 N–H and O–H groups in total. The maximum absolute atomic E-state index is 10.8. The van der Waals surface area contributed by atoms with Gasteiger partial charge in [0.2, 0.25) is 0 Å². The number of ketones is 1. The Bertz CT molecular complexity index is 629. The molecule has 0 saturated heterocycles. The lowest BCUT2D eigenvalue weighted by molar-refractivity contribution is -0.127. The third kappa shape index (κ3) is 8.73. The predicted octanol–water partition coefficient (Wildman–Crippen LogP) is 6.26. The molecule has 2 rings (SSSR count). The van der Waals surface area contributed by atoms with E-state index < -0.39 is 22.2 Å². The topological polar surface area (TPSA) is 85.3 Å². The molecule has 2 aliphatic carbocycles. The maximum atomic E-state index is 10.8. The van der Waals surface area contributed by atoms with Crippen LogP contribution in [-0.4, -0.2) is 41.2 Å². The lowest BCUT2D eigenvalue weighted by Crippen LogP contribution is -2.53. The molecule has 0 spiro atoms. The number of hydrogen-bond acceptors (Lipinski definition) is 5. The summed E-state index contributed by atoms with van der Waals surface area (Å²) in [6.45, 7) is 24.0. The van der Waals surface area contributed by atoms with Crippen LogP contribution >= 0.6 is 0 Å². The van der Waals surface area contributed by atoms with Crippen molar-refractivity contribution in [1.29, 1.82) is 5.26 Å². The Kier molecular flexibility index (Phi) is 10.4. The molecule has 7 heteroatoms. The first-order valence-corrected chi connectivity index (χ1v) is 17.1. The lowest BCUT2D eigenvalue weighted by atomic mass is 9.70. The molecule has 31 heavy (non-hydrogen) atoms. The van der Waals surface area contributed by atoms with E-state index in [-0.39, 0.29) is 17.5 Å². The van der Waals surface area contributed by atoms with Crippen LogP contribution in [0, 0.1) is 23.2 Å².